The van der Waals surface area contributed by atoms with Crippen molar-refractivity contribution < 1.29 is 9.59 Å². The number of aromatic nitrogens is 2. The van der Waals surface area contributed by atoms with Gasteiger partial charge in [-0.2, -0.15) is 5.10 Å². The maximum Gasteiger partial charge on any atom is 0.244 e. The van der Waals surface area contributed by atoms with Gasteiger partial charge in [0.25, 0.3) is 0 Å². The largest absolute Gasteiger partial charge is 0.396 e. The Kier molecular flexibility index (Phi) is 4.79. The molecule has 2 amide bonds. The van der Waals surface area contributed by atoms with Crippen molar-refractivity contribution in [1.29, 1.82) is 0 Å². The quantitative estimate of drug-likeness (QED) is 0.745. The van der Waals surface area contributed by atoms with E-state index in [9.17, 15) is 9.59 Å². The van der Waals surface area contributed by atoms with E-state index in [-0.39, 0.29) is 18.4 Å². The Labute approximate surface area is 124 Å². The second-order valence-electron chi connectivity index (χ2n) is 5.47. The highest BCUT2D eigenvalue weighted by molar-refractivity contribution is 5.79. The molecule has 2 rings (SSSR count). The van der Waals surface area contributed by atoms with Crippen LogP contribution in [-0.4, -0.2) is 83.1 Å². The Morgan fingerprint density at radius 1 is 1.19 bits per heavy atom. The minimum absolute atomic E-state index is 0.00203. The van der Waals surface area contributed by atoms with E-state index in [0.717, 1.165) is 0 Å². The molecule has 0 aliphatic carbocycles. The topological polar surface area (TPSA) is 87.7 Å². The number of hydrogen-bond acceptors (Lipinski definition) is 5. The third-order valence-electron chi connectivity index (χ3n) is 3.39. The molecule has 0 saturated carbocycles. The molecule has 1 aromatic rings. The molecule has 1 fully saturated rings. The summed E-state index contributed by atoms with van der Waals surface area (Å²) in [5.74, 6) is 0.102. The van der Waals surface area contributed by atoms with E-state index in [4.69, 9.17) is 5.73 Å². The molecule has 1 saturated heterocycles. The zero-order chi connectivity index (χ0) is 15.4. The van der Waals surface area contributed by atoms with Crippen molar-refractivity contribution in [2.75, 3.05) is 52.6 Å². The van der Waals surface area contributed by atoms with Gasteiger partial charge in [-0.15, -0.1) is 0 Å². The van der Waals surface area contributed by atoms with Crippen LogP contribution in [0.4, 0.5) is 5.69 Å². The number of nitrogens with two attached hydrogens (primary N) is 1. The number of anilines is 1. The first-order valence-electron chi connectivity index (χ1n) is 6.94. The lowest BCUT2D eigenvalue weighted by atomic mass is 10.3. The molecule has 0 bridgehead atoms. The van der Waals surface area contributed by atoms with Gasteiger partial charge in [0.2, 0.25) is 11.8 Å². The van der Waals surface area contributed by atoms with E-state index in [1.54, 1.807) is 16.0 Å². The first-order chi connectivity index (χ1) is 9.95. The van der Waals surface area contributed by atoms with Crippen LogP contribution in [0.5, 0.6) is 0 Å². The summed E-state index contributed by atoms with van der Waals surface area (Å²) in [5.41, 5.74) is 6.11. The minimum Gasteiger partial charge on any atom is -0.396 e. The Morgan fingerprint density at radius 2 is 1.76 bits per heavy atom. The van der Waals surface area contributed by atoms with Crippen LogP contribution in [0.3, 0.4) is 0 Å². The van der Waals surface area contributed by atoms with Crippen LogP contribution in [0.1, 0.15) is 0 Å². The number of carbonyl (C=O) groups excluding carboxylic acids is 2. The van der Waals surface area contributed by atoms with Crippen LogP contribution in [0, 0.1) is 0 Å². The summed E-state index contributed by atoms with van der Waals surface area (Å²) >= 11 is 0. The van der Waals surface area contributed by atoms with Gasteiger partial charge in [-0.25, -0.2) is 0 Å². The van der Waals surface area contributed by atoms with Crippen LogP contribution >= 0.6 is 0 Å². The molecule has 116 valence electrons. The normalized spacial score (nSPS) is 15.6. The Hall–Kier alpha value is -2.09. The van der Waals surface area contributed by atoms with E-state index in [1.165, 1.54) is 10.9 Å². The van der Waals surface area contributed by atoms with E-state index in [2.05, 4.69) is 5.10 Å². The molecule has 2 N–H and O–H groups in total. The van der Waals surface area contributed by atoms with Crippen molar-refractivity contribution in [2.24, 2.45) is 0 Å². The summed E-state index contributed by atoms with van der Waals surface area (Å²) in [5, 5.41) is 4.00. The highest BCUT2D eigenvalue weighted by Crippen LogP contribution is 2.05. The van der Waals surface area contributed by atoms with Crippen LogP contribution in [-0.2, 0) is 16.1 Å². The molecule has 1 aromatic heterocycles. The Bertz CT molecular complexity index is 505. The smallest absolute Gasteiger partial charge is 0.244 e. The van der Waals surface area contributed by atoms with Crippen molar-refractivity contribution in [2.45, 2.75) is 6.54 Å². The number of likely N-dealkylation sites (N-methyl/N-ethyl adjacent to an activating group) is 1. The maximum absolute atomic E-state index is 12.1. The van der Waals surface area contributed by atoms with E-state index >= 15 is 0 Å². The standard InChI is InChI=1S/C13H22N6O2/c1-16(2)9-12(20)17-3-5-18(6-4-17)13(21)10-19-8-11(14)7-15-19/h7-8H,3-6,9-10,14H2,1-2H3. The number of piperazine rings is 1. The first-order valence-corrected chi connectivity index (χ1v) is 6.94. The molecular weight excluding hydrogens is 272 g/mol. The molecule has 0 spiro atoms. The Balaban J connectivity index is 1.80. The molecule has 0 atom stereocenters. The number of rotatable bonds is 4. The summed E-state index contributed by atoms with van der Waals surface area (Å²) < 4.78 is 1.53. The second-order valence-corrected chi connectivity index (χ2v) is 5.47. The first kappa shape index (κ1) is 15.3. The number of hydrogen-bond donors (Lipinski definition) is 1. The van der Waals surface area contributed by atoms with Gasteiger partial charge in [0.05, 0.1) is 18.4 Å². The predicted octanol–water partition coefficient (Wildman–Crippen LogP) is -1.30. The number of amides is 2. The number of carbonyl (C=O) groups is 2. The van der Waals surface area contributed by atoms with Crippen molar-refractivity contribution in [3.05, 3.63) is 12.4 Å². The lowest BCUT2D eigenvalue weighted by Crippen LogP contribution is -2.52. The predicted molar refractivity (Wildman–Crippen MR) is 78.4 cm³/mol. The van der Waals surface area contributed by atoms with Gasteiger partial charge in [-0.3, -0.25) is 14.3 Å². The fraction of sp³-hybridized carbons (Fsp3) is 0.615. The number of nitrogen functional groups attached to an aromatic ring is 1. The van der Waals surface area contributed by atoms with E-state index < -0.39 is 0 Å². The average Bonchev–Trinajstić information content (AvgIpc) is 2.83. The highest BCUT2D eigenvalue weighted by atomic mass is 16.2. The summed E-state index contributed by atoms with van der Waals surface area (Å²) in [6.07, 6.45) is 3.15. The van der Waals surface area contributed by atoms with Gasteiger partial charge < -0.3 is 20.4 Å². The van der Waals surface area contributed by atoms with Crippen molar-refractivity contribution in [1.82, 2.24) is 24.5 Å². The molecule has 21 heavy (non-hydrogen) atoms. The summed E-state index contributed by atoms with van der Waals surface area (Å²) in [4.78, 5) is 29.5. The van der Waals surface area contributed by atoms with Crippen molar-refractivity contribution >= 4 is 17.5 Å². The van der Waals surface area contributed by atoms with Crippen LogP contribution < -0.4 is 5.73 Å². The van der Waals surface area contributed by atoms with Crippen molar-refractivity contribution in [3.63, 3.8) is 0 Å². The molecule has 8 heteroatoms. The van der Waals surface area contributed by atoms with Gasteiger partial charge in [0, 0.05) is 32.4 Å². The van der Waals surface area contributed by atoms with Gasteiger partial charge in [0.15, 0.2) is 0 Å². The monoisotopic (exact) mass is 294 g/mol. The lowest BCUT2D eigenvalue weighted by Gasteiger charge is -2.35. The average molecular weight is 294 g/mol. The van der Waals surface area contributed by atoms with Gasteiger partial charge in [-0.1, -0.05) is 0 Å². The molecular formula is C13H22N6O2. The van der Waals surface area contributed by atoms with Crippen LogP contribution in [0.15, 0.2) is 12.4 Å². The van der Waals surface area contributed by atoms with E-state index in [1.807, 2.05) is 19.0 Å². The molecule has 1 aliphatic rings. The van der Waals surface area contributed by atoms with E-state index in [0.29, 0.717) is 38.4 Å². The molecule has 0 radical (unpaired) electrons. The molecule has 0 aromatic carbocycles. The van der Waals surface area contributed by atoms with Crippen LogP contribution in [0.2, 0.25) is 0 Å². The highest BCUT2D eigenvalue weighted by Gasteiger charge is 2.24. The summed E-state index contributed by atoms with van der Waals surface area (Å²) in [6.45, 7) is 2.88. The minimum atomic E-state index is -0.00203. The fourth-order valence-electron chi connectivity index (χ4n) is 2.28. The number of nitrogens with zero attached hydrogens (tertiary/aromatic N) is 5. The zero-order valence-electron chi connectivity index (χ0n) is 12.5. The van der Waals surface area contributed by atoms with Gasteiger partial charge >= 0.3 is 0 Å². The van der Waals surface area contributed by atoms with Crippen LogP contribution in [0.25, 0.3) is 0 Å². The summed E-state index contributed by atoms with van der Waals surface area (Å²) in [6, 6.07) is 0. The van der Waals surface area contributed by atoms with Gasteiger partial charge in [0.1, 0.15) is 6.54 Å². The third kappa shape index (κ3) is 4.19. The maximum atomic E-state index is 12.1. The van der Waals surface area contributed by atoms with Gasteiger partial charge in [-0.05, 0) is 14.1 Å². The molecule has 2 heterocycles. The lowest BCUT2D eigenvalue weighted by molar-refractivity contribution is -0.140. The summed E-state index contributed by atoms with van der Waals surface area (Å²) in [7, 11) is 3.74. The zero-order valence-corrected chi connectivity index (χ0v) is 12.5. The molecule has 1 aliphatic heterocycles. The SMILES string of the molecule is CN(C)CC(=O)N1CCN(C(=O)Cn2cc(N)cn2)CC1. The third-order valence-corrected chi connectivity index (χ3v) is 3.39. The van der Waals surface area contributed by atoms with Crippen molar-refractivity contribution in [3.8, 4) is 0 Å². The second kappa shape index (κ2) is 6.57. The fourth-order valence-corrected chi connectivity index (χ4v) is 2.28. The Morgan fingerprint density at radius 3 is 2.24 bits per heavy atom. The molecule has 8 nitrogen and oxygen atoms in total. The molecule has 0 unspecified atom stereocenters.